The van der Waals surface area contributed by atoms with Crippen molar-refractivity contribution in [3.63, 3.8) is 0 Å². The predicted octanol–water partition coefficient (Wildman–Crippen LogP) is 4.71. The number of carbonyl (C=O) groups excluding carboxylic acids is 2. The van der Waals surface area contributed by atoms with Crippen LogP contribution < -0.4 is 15.4 Å². The Bertz CT molecular complexity index is 1330. The molecule has 4 rings (SSSR count). The van der Waals surface area contributed by atoms with E-state index in [9.17, 15) is 18.0 Å². The van der Waals surface area contributed by atoms with E-state index >= 15 is 0 Å². The van der Waals surface area contributed by atoms with Gasteiger partial charge in [-0.05, 0) is 80.3 Å². The van der Waals surface area contributed by atoms with Crippen LogP contribution in [0.1, 0.15) is 34.3 Å². The quantitative estimate of drug-likeness (QED) is 0.472. The Morgan fingerprint density at radius 2 is 1.48 bits per heavy atom. The molecule has 33 heavy (non-hydrogen) atoms. The third-order valence-corrected chi connectivity index (χ3v) is 6.75. The second-order valence-electron chi connectivity index (χ2n) is 8.25. The number of aryl methyl sites for hydroxylation is 2. The van der Waals surface area contributed by atoms with Crippen LogP contribution >= 0.6 is 0 Å². The molecule has 1 fully saturated rings. The molecule has 0 bridgehead atoms. The average Bonchev–Trinajstić information content (AvgIpc) is 3.59. The van der Waals surface area contributed by atoms with Crippen LogP contribution in [-0.2, 0) is 14.8 Å². The molecule has 0 aromatic heterocycles. The van der Waals surface area contributed by atoms with E-state index in [0.29, 0.717) is 22.6 Å². The van der Waals surface area contributed by atoms with Gasteiger partial charge in [-0.2, -0.15) is 0 Å². The number of sulfonamides is 1. The SMILES string of the molecule is Cc1cccc(NS(=O)(=O)c2ccc(C)c(C(=O)Nc3cccc(NC(=O)C4CC4)c3)c2)c1. The summed E-state index contributed by atoms with van der Waals surface area (Å²) in [6, 6.07) is 18.3. The summed E-state index contributed by atoms with van der Waals surface area (Å²) in [5.41, 5.74) is 3.36. The smallest absolute Gasteiger partial charge is 0.261 e. The van der Waals surface area contributed by atoms with Crippen LogP contribution in [0.5, 0.6) is 0 Å². The second kappa shape index (κ2) is 9.07. The van der Waals surface area contributed by atoms with Crippen LogP contribution in [-0.4, -0.2) is 20.2 Å². The van der Waals surface area contributed by atoms with E-state index in [-0.39, 0.29) is 22.3 Å². The van der Waals surface area contributed by atoms with E-state index in [0.717, 1.165) is 18.4 Å². The zero-order valence-electron chi connectivity index (χ0n) is 18.4. The zero-order valence-corrected chi connectivity index (χ0v) is 19.2. The van der Waals surface area contributed by atoms with Gasteiger partial charge in [0.1, 0.15) is 0 Å². The Kier molecular flexibility index (Phi) is 6.20. The van der Waals surface area contributed by atoms with Crippen molar-refractivity contribution in [1.82, 2.24) is 0 Å². The molecule has 0 unspecified atom stereocenters. The number of benzene rings is 3. The van der Waals surface area contributed by atoms with Gasteiger partial charge in [0.25, 0.3) is 15.9 Å². The number of hydrogen-bond acceptors (Lipinski definition) is 4. The Labute approximate surface area is 193 Å². The van der Waals surface area contributed by atoms with Crippen LogP contribution in [0.4, 0.5) is 17.1 Å². The van der Waals surface area contributed by atoms with Crippen molar-refractivity contribution in [2.75, 3.05) is 15.4 Å². The number of nitrogens with one attached hydrogen (secondary N) is 3. The van der Waals surface area contributed by atoms with Crippen LogP contribution in [0.25, 0.3) is 0 Å². The lowest BCUT2D eigenvalue weighted by Gasteiger charge is -2.13. The van der Waals surface area contributed by atoms with E-state index in [1.165, 1.54) is 12.1 Å². The first-order chi connectivity index (χ1) is 15.7. The highest BCUT2D eigenvalue weighted by Gasteiger charge is 2.29. The number of anilines is 3. The third-order valence-electron chi connectivity index (χ3n) is 5.37. The van der Waals surface area contributed by atoms with Crippen molar-refractivity contribution in [3.8, 4) is 0 Å². The first-order valence-corrected chi connectivity index (χ1v) is 12.1. The highest BCUT2D eigenvalue weighted by Crippen LogP contribution is 2.30. The van der Waals surface area contributed by atoms with Gasteiger partial charge in [0.05, 0.1) is 4.90 Å². The lowest BCUT2D eigenvalue weighted by molar-refractivity contribution is -0.117. The lowest BCUT2D eigenvalue weighted by Crippen LogP contribution is -2.17. The number of rotatable bonds is 7. The van der Waals surface area contributed by atoms with Crippen LogP contribution in [0.2, 0.25) is 0 Å². The summed E-state index contributed by atoms with van der Waals surface area (Å²) in [6.07, 6.45) is 1.80. The minimum Gasteiger partial charge on any atom is -0.326 e. The normalized spacial score (nSPS) is 13.3. The number of carbonyl (C=O) groups is 2. The summed E-state index contributed by atoms with van der Waals surface area (Å²) in [5.74, 6) is -0.386. The van der Waals surface area contributed by atoms with Gasteiger partial charge in [0.15, 0.2) is 0 Å². The molecule has 8 heteroatoms. The summed E-state index contributed by atoms with van der Waals surface area (Å²) in [7, 11) is -3.88. The van der Waals surface area contributed by atoms with Gasteiger partial charge in [-0.1, -0.05) is 24.3 Å². The van der Waals surface area contributed by atoms with Gasteiger partial charge in [-0.3, -0.25) is 14.3 Å². The van der Waals surface area contributed by atoms with Gasteiger partial charge in [0.2, 0.25) is 5.91 Å². The second-order valence-corrected chi connectivity index (χ2v) is 9.93. The summed E-state index contributed by atoms with van der Waals surface area (Å²) >= 11 is 0. The molecule has 2 amide bonds. The Hall–Kier alpha value is -3.65. The van der Waals surface area contributed by atoms with Crippen molar-refractivity contribution in [2.45, 2.75) is 31.6 Å². The molecule has 0 radical (unpaired) electrons. The van der Waals surface area contributed by atoms with Gasteiger partial charge in [0, 0.05) is 28.5 Å². The molecule has 0 aliphatic heterocycles. The molecule has 170 valence electrons. The molecule has 1 aliphatic carbocycles. The fourth-order valence-corrected chi connectivity index (χ4v) is 4.47. The monoisotopic (exact) mass is 463 g/mol. The maximum atomic E-state index is 13.0. The van der Waals surface area contributed by atoms with Gasteiger partial charge < -0.3 is 10.6 Å². The van der Waals surface area contributed by atoms with Gasteiger partial charge >= 0.3 is 0 Å². The third kappa shape index (κ3) is 5.59. The molecule has 0 atom stereocenters. The van der Waals surface area contributed by atoms with Gasteiger partial charge in [-0.15, -0.1) is 0 Å². The molecule has 0 saturated heterocycles. The summed E-state index contributed by atoms with van der Waals surface area (Å²) < 4.78 is 28.3. The number of amides is 2. The minimum absolute atomic E-state index is 0.00907. The lowest BCUT2D eigenvalue weighted by atomic mass is 10.1. The molecule has 1 saturated carbocycles. The Morgan fingerprint density at radius 3 is 2.18 bits per heavy atom. The molecule has 1 aliphatic rings. The van der Waals surface area contributed by atoms with E-state index < -0.39 is 15.9 Å². The molecule has 3 aromatic carbocycles. The molecular weight excluding hydrogens is 438 g/mol. The van der Waals surface area contributed by atoms with E-state index in [1.54, 1.807) is 55.5 Å². The maximum absolute atomic E-state index is 13.0. The molecule has 7 nitrogen and oxygen atoms in total. The highest BCUT2D eigenvalue weighted by atomic mass is 32.2. The number of hydrogen-bond donors (Lipinski definition) is 3. The van der Waals surface area contributed by atoms with E-state index in [4.69, 9.17) is 0 Å². The standard InChI is InChI=1S/C25H25N3O4S/c1-16-5-3-8-21(13-16)28-33(31,32)22-12-9-17(2)23(15-22)25(30)27-20-7-4-6-19(14-20)26-24(29)18-10-11-18/h3-9,12-15,18,28H,10-11H2,1-2H3,(H,26,29)(H,27,30). The minimum atomic E-state index is -3.88. The summed E-state index contributed by atoms with van der Waals surface area (Å²) in [6.45, 7) is 3.62. The average molecular weight is 464 g/mol. The highest BCUT2D eigenvalue weighted by molar-refractivity contribution is 7.92. The van der Waals surface area contributed by atoms with E-state index in [2.05, 4.69) is 15.4 Å². The van der Waals surface area contributed by atoms with Crippen molar-refractivity contribution >= 4 is 38.9 Å². The van der Waals surface area contributed by atoms with Crippen molar-refractivity contribution in [1.29, 1.82) is 0 Å². The predicted molar refractivity (Wildman–Crippen MR) is 129 cm³/mol. The molecule has 0 heterocycles. The first-order valence-electron chi connectivity index (χ1n) is 10.6. The first kappa shape index (κ1) is 22.5. The molecular formula is C25H25N3O4S. The largest absolute Gasteiger partial charge is 0.326 e. The van der Waals surface area contributed by atoms with Crippen molar-refractivity contribution in [2.24, 2.45) is 5.92 Å². The Balaban J connectivity index is 1.52. The Morgan fingerprint density at radius 1 is 0.818 bits per heavy atom. The zero-order chi connectivity index (χ0) is 23.6. The van der Waals surface area contributed by atoms with Crippen molar-refractivity contribution in [3.05, 3.63) is 83.4 Å². The van der Waals surface area contributed by atoms with Gasteiger partial charge in [-0.25, -0.2) is 8.42 Å². The topological polar surface area (TPSA) is 104 Å². The summed E-state index contributed by atoms with van der Waals surface area (Å²) in [5, 5.41) is 5.63. The fourth-order valence-electron chi connectivity index (χ4n) is 3.40. The molecule has 3 N–H and O–H groups in total. The van der Waals surface area contributed by atoms with Crippen LogP contribution in [0.15, 0.2) is 71.6 Å². The van der Waals surface area contributed by atoms with E-state index in [1.807, 2.05) is 13.0 Å². The van der Waals surface area contributed by atoms with Crippen molar-refractivity contribution < 1.29 is 18.0 Å². The van der Waals surface area contributed by atoms with Crippen LogP contribution in [0, 0.1) is 19.8 Å². The molecule has 0 spiro atoms. The maximum Gasteiger partial charge on any atom is 0.261 e. The molecule has 3 aromatic rings. The summed E-state index contributed by atoms with van der Waals surface area (Å²) in [4.78, 5) is 24.9. The van der Waals surface area contributed by atoms with Crippen LogP contribution in [0.3, 0.4) is 0 Å². The fraction of sp³-hybridized carbons (Fsp3) is 0.200.